The maximum atomic E-state index is 12.9. The summed E-state index contributed by atoms with van der Waals surface area (Å²) in [5.41, 5.74) is 1.60. The van der Waals surface area contributed by atoms with E-state index in [0.717, 1.165) is 11.1 Å². The maximum Gasteiger partial charge on any atom is 0.408 e. The number of phenols is 1. The van der Waals surface area contributed by atoms with E-state index < -0.39 is 24.1 Å². The molecule has 2 rings (SSSR count). The molecule has 0 saturated heterocycles. The molecule has 0 radical (unpaired) electrons. The number of phenolic OH excluding ortho intramolecular Hbond substituents is 1. The minimum absolute atomic E-state index is 0.0842. The number of aromatic hydroxyl groups is 1. The van der Waals surface area contributed by atoms with Gasteiger partial charge in [-0.3, -0.25) is 9.59 Å². The molecule has 31 heavy (non-hydrogen) atoms. The lowest BCUT2D eigenvalue weighted by Crippen LogP contribution is -2.55. The minimum Gasteiger partial charge on any atom is -0.508 e. The third-order valence-corrected chi connectivity index (χ3v) is 4.69. The molecule has 0 bridgehead atoms. The number of ether oxygens (including phenoxy) is 1. The molecule has 0 heterocycles. The highest BCUT2D eigenvalue weighted by Gasteiger charge is 2.29. The lowest BCUT2D eigenvalue weighted by Gasteiger charge is -2.25. The highest BCUT2D eigenvalue weighted by Crippen LogP contribution is 2.12. The van der Waals surface area contributed by atoms with Gasteiger partial charge in [0.15, 0.2) is 0 Å². The van der Waals surface area contributed by atoms with E-state index >= 15 is 0 Å². The van der Waals surface area contributed by atoms with Crippen LogP contribution in [0.3, 0.4) is 0 Å². The van der Waals surface area contributed by atoms with Gasteiger partial charge in [0.25, 0.3) is 0 Å². The Kier molecular flexibility index (Phi) is 8.87. The standard InChI is InChI=1S/C23H29N3O5/c1-15(2)20(26-23(30)31-14-17-7-5-4-6-8-17)22(29)25-19(21(28)24-3)13-16-9-11-18(27)12-10-16/h4-12,15,19-20,27H,13-14H2,1-3H3,(H,24,28)(H,25,29)(H,26,30)/t19-,20-/m0/s1. The normalized spacial score (nSPS) is 12.5. The topological polar surface area (TPSA) is 117 Å². The van der Waals surface area contributed by atoms with Gasteiger partial charge in [-0.1, -0.05) is 56.3 Å². The van der Waals surface area contributed by atoms with E-state index in [-0.39, 0.29) is 30.6 Å². The van der Waals surface area contributed by atoms with E-state index in [2.05, 4.69) is 16.0 Å². The summed E-state index contributed by atoms with van der Waals surface area (Å²) in [6.07, 6.45) is -0.484. The van der Waals surface area contributed by atoms with E-state index in [1.807, 2.05) is 30.3 Å². The van der Waals surface area contributed by atoms with E-state index in [9.17, 15) is 19.5 Å². The summed E-state index contributed by atoms with van der Waals surface area (Å²) in [6, 6.07) is 13.9. The summed E-state index contributed by atoms with van der Waals surface area (Å²) in [7, 11) is 1.48. The monoisotopic (exact) mass is 427 g/mol. The summed E-state index contributed by atoms with van der Waals surface area (Å²) >= 11 is 0. The first-order valence-electron chi connectivity index (χ1n) is 10.1. The fraction of sp³-hybridized carbons (Fsp3) is 0.348. The Bertz CT molecular complexity index is 869. The highest BCUT2D eigenvalue weighted by molar-refractivity contribution is 5.91. The summed E-state index contributed by atoms with van der Waals surface area (Å²) in [6.45, 7) is 3.66. The number of benzene rings is 2. The van der Waals surface area contributed by atoms with Crippen LogP contribution >= 0.6 is 0 Å². The van der Waals surface area contributed by atoms with Crippen molar-refractivity contribution in [1.82, 2.24) is 16.0 Å². The Labute approximate surface area is 182 Å². The van der Waals surface area contributed by atoms with Crippen LogP contribution in [0.2, 0.25) is 0 Å². The number of alkyl carbamates (subject to hydrolysis) is 1. The first-order valence-corrected chi connectivity index (χ1v) is 10.1. The van der Waals surface area contributed by atoms with Crippen molar-refractivity contribution < 1.29 is 24.2 Å². The van der Waals surface area contributed by atoms with E-state index in [0.29, 0.717) is 0 Å². The molecule has 2 aromatic carbocycles. The van der Waals surface area contributed by atoms with Crippen LogP contribution in [0.4, 0.5) is 4.79 Å². The molecule has 166 valence electrons. The molecule has 3 amide bonds. The highest BCUT2D eigenvalue weighted by atomic mass is 16.5. The van der Waals surface area contributed by atoms with Gasteiger partial charge < -0.3 is 25.8 Å². The second kappa shape index (κ2) is 11.6. The SMILES string of the molecule is CNC(=O)[C@H](Cc1ccc(O)cc1)NC(=O)[C@@H](NC(=O)OCc1ccccc1)C(C)C. The maximum absolute atomic E-state index is 12.9. The molecule has 8 nitrogen and oxygen atoms in total. The molecule has 0 unspecified atom stereocenters. The van der Waals surface area contributed by atoms with Crippen LogP contribution in [0, 0.1) is 5.92 Å². The summed E-state index contributed by atoms with van der Waals surface area (Å²) in [5.74, 6) is -0.972. The van der Waals surface area contributed by atoms with Crippen LogP contribution in [0.1, 0.15) is 25.0 Å². The summed E-state index contributed by atoms with van der Waals surface area (Å²) in [4.78, 5) is 37.4. The molecule has 0 fully saturated rings. The predicted molar refractivity (Wildman–Crippen MR) is 116 cm³/mol. The van der Waals surface area contributed by atoms with E-state index in [1.165, 1.54) is 19.2 Å². The number of hydrogen-bond donors (Lipinski definition) is 4. The second-order valence-electron chi connectivity index (χ2n) is 7.47. The molecule has 2 aromatic rings. The second-order valence-corrected chi connectivity index (χ2v) is 7.47. The van der Waals surface area contributed by atoms with Crippen molar-refractivity contribution in [3.63, 3.8) is 0 Å². The minimum atomic E-state index is -0.879. The molecule has 0 aliphatic rings. The molecule has 0 spiro atoms. The quantitative estimate of drug-likeness (QED) is 0.489. The number of rotatable bonds is 9. The lowest BCUT2D eigenvalue weighted by atomic mass is 10.0. The number of amides is 3. The fourth-order valence-corrected chi connectivity index (χ4v) is 2.94. The summed E-state index contributed by atoms with van der Waals surface area (Å²) in [5, 5.41) is 17.2. The van der Waals surface area contributed by atoms with Crippen LogP contribution in [0.25, 0.3) is 0 Å². The molecule has 4 N–H and O–H groups in total. The Morgan fingerprint density at radius 3 is 2.13 bits per heavy atom. The van der Waals surface area contributed by atoms with Gasteiger partial charge in [0.2, 0.25) is 11.8 Å². The van der Waals surface area contributed by atoms with Gasteiger partial charge in [-0.15, -0.1) is 0 Å². The third kappa shape index (κ3) is 7.65. The smallest absolute Gasteiger partial charge is 0.408 e. The van der Waals surface area contributed by atoms with Crippen molar-refractivity contribution in [2.45, 2.75) is 39.0 Å². The van der Waals surface area contributed by atoms with Crippen LogP contribution in [-0.2, 0) is 27.4 Å². The molecule has 0 saturated carbocycles. The largest absolute Gasteiger partial charge is 0.508 e. The van der Waals surface area contributed by atoms with Crippen molar-refractivity contribution >= 4 is 17.9 Å². The molecule has 0 aromatic heterocycles. The number of hydrogen-bond acceptors (Lipinski definition) is 5. The Balaban J connectivity index is 2.00. The first-order chi connectivity index (χ1) is 14.8. The number of carbonyl (C=O) groups is 3. The molecule has 0 aliphatic carbocycles. The van der Waals surface area contributed by atoms with Gasteiger partial charge >= 0.3 is 6.09 Å². The average molecular weight is 428 g/mol. The van der Waals surface area contributed by atoms with Gasteiger partial charge in [0.05, 0.1) is 0 Å². The predicted octanol–water partition coefficient (Wildman–Crippen LogP) is 2.12. The van der Waals surface area contributed by atoms with E-state index in [1.54, 1.807) is 26.0 Å². The first kappa shape index (κ1) is 23.7. The van der Waals surface area contributed by atoms with Gasteiger partial charge in [-0.2, -0.15) is 0 Å². The van der Waals surface area contributed by atoms with Gasteiger partial charge in [-0.05, 0) is 29.2 Å². The van der Waals surface area contributed by atoms with Crippen molar-refractivity contribution in [1.29, 1.82) is 0 Å². The number of nitrogens with one attached hydrogen (secondary N) is 3. The molecule has 2 atom stereocenters. The van der Waals surface area contributed by atoms with E-state index in [4.69, 9.17) is 4.74 Å². The third-order valence-electron chi connectivity index (χ3n) is 4.69. The van der Waals surface area contributed by atoms with Gasteiger partial charge in [0.1, 0.15) is 24.4 Å². The Morgan fingerprint density at radius 1 is 0.903 bits per heavy atom. The molecular formula is C23H29N3O5. The van der Waals surface area contributed by atoms with Crippen LogP contribution in [0.5, 0.6) is 5.75 Å². The zero-order valence-corrected chi connectivity index (χ0v) is 17.9. The molecular weight excluding hydrogens is 398 g/mol. The fourth-order valence-electron chi connectivity index (χ4n) is 2.94. The van der Waals surface area contributed by atoms with Gasteiger partial charge in [0, 0.05) is 13.5 Å². The molecule has 0 aliphatic heterocycles. The van der Waals surface area contributed by atoms with Crippen molar-refractivity contribution in [3.05, 3.63) is 65.7 Å². The zero-order chi connectivity index (χ0) is 22.8. The average Bonchev–Trinajstić information content (AvgIpc) is 2.76. The van der Waals surface area contributed by atoms with Crippen molar-refractivity contribution in [2.75, 3.05) is 7.05 Å². The van der Waals surface area contributed by atoms with Crippen LogP contribution < -0.4 is 16.0 Å². The lowest BCUT2D eigenvalue weighted by molar-refractivity contribution is -0.130. The molecule has 8 heteroatoms. The van der Waals surface area contributed by atoms with Crippen molar-refractivity contribution in [2.24, 2.45) is 5.92 Å². The van der Waals surface area contributed by atoms with Gasteiger partial charge in [-0.25, -0.2) is 4.79 Å². The Hall–Kier alpha value is -3.55. The zero-order valence-electron chi connectivity index (χ0n) is 17.9. The number of carbonyl (C=O) groups excluding carboxylic acids is 3. The van der Waals surface area contributed by atoms with Crippen molar-refractivity contribution in [3.8, 4) is 5.75 Å². The van der Waals surface area contributed by atoms with Crippen LogP contribution in [-0.4, -0.2) is 42.1 Å². The van der Waals surface area contributed by atoms with Crippen LogP contribution in [0.15, 0.2) is 54.6 Å². The number of likely N-dealkylation sites (N-methyl/N-ethyl adjacent to an activating group) is 1. The Morgan fingerprint density at radius 2 is 1.55 bits per heavy atom. The summed E-state index contributed by atoms with van der Waals surface area (Å²) < 4.78 is 5.21.